The molecule has 0 saturated heterocycles. The molecule has 2 aromatic rings. The molecule has 0 saturated carbocycles. The Kier molecular flexibility index (Phi) is 5.02. The lowest BCUT2D eigenvalue weighted by atomic mass is 9.90. The average molecular weight is 484 g/mol. The van der Waals surface area contributed by atoms with Gasteiger partial charge >= 0.3 is 12.2 Å². The lowest BCUT2D eigenvalue weighted by Gasteiger charge is -2.35. The number of fused-ring (bicyclic) bond motifs is 3. The molecule has 2 atom stereocenters. The maximum Gasteiger partial charge on any atom is 0.399 e. The molecule has 3 N–H and O–H groups in total. The molecule has 2 aliphatic carbocycles. The Morgan fingerprint density at radius 2 is 1.88 bits per heavy atom. The van der Waals surface area contributed by atoms with E-state index in [1.54, 1.807) is 0 Å². The highest BCUT2D eigenvalue weighted by Crippen LogP contribution is 2.44. The molecular weight excluding hydrogens is 459 g/mol. The summed E-state index contributed by atoms with van der Waals surface area (Å²) in [5, 5.41) is 12.5. The van der Waals surface area contributed by atoms with Gasteiger partial charge in [-0.15, -0.1) is 4.36 Å². The van der Waals surface area contributed by atoms with Gasteiger partial charge in [-0.05, 0) is 67.7 Å². The number of benzene rings is 1. The van der Waals surface area contributed by atoms with Crippen molar-refractivity contribution in [2.24, 2.45) is 14.9 Å². The first-order valence-electron chi connectivity index (χ1n) is 10.8. The van der Waals surface area contributed by atoms with E-state index in [4.69, 9.17) is 9.88 Å². The zero-order valence-electron chi connectivity index (χ0n) is 18.0. The number of alkyl halides is 3. The molecule has 0 fully saturated rings. The maximum atomic E-state index is 13.4. The Hall–Kier alpha value is -2.60. The normalized spacial score (nSPS) is 23.2. The number of urea groups is 1. The smallest absolute Gasteiger partial charge is 0.399 e. The second kappa shape index (κ2) is 7.45. The van der Waals surface area contributed by atoms with Crippen LogP contribution < -0.4 is 15.2 Å². The number of carbonyl (C=O) groups is 1. The van der Waals surface area contributed by atoms with E-state index in [-0.39, 0.29) is 10.8 Å². The van der Waals surface area contributed by atoms with Crippen molar-refractivity contribution >= 4 is 21.6 Å². The lowest BCUT2D eigenvalue weighted by Crippen LogP contribution is -2.47. The summed E-state index contributed by atoms with van der Waals surface area (Å²) in [6.07, 6.45) is 2.14. The molecule has 0 bridgehead atoms. The van der Waals surface area contributed by atoms with E-state index in [1.165, 1.54) is 11.1 Å². The Balaban J connectivity index is 1.44. The molecule has 1 aromatic carbocycles. The number of nitrogens with zero attached hydrogens (tertiary/aromatic N) is 3. The van der Waals surface area contributed by atoms with Crippen LogP contribution in [0.25, 0.3) is 0 Å². The minimum absolute atomic E-state index is 0.165. The van der Waals surface area contributed by atoms with Crippen LogP contribution in [0.4, 0.5) is 23.7 Å². The fourth-order valence-corrected chi connectivity index (χ4v) is 5.86. The van der Waals surface area contributed by atoms with Crippen LogP contribution in [-0.2, 0) is 42.1 Å². The second-order valence-corrected chi connectivity index (χ2v) is 10.9. The SMILES string of the molecule is C[C@@]1(C(F)(F)F)COc2c([S@](N)(=O)=NC(=O)Nc3c4c(cc5c3CCC5)CCC4)cnn2C1. The van der Waals surface area contributed by atoms with Crippen molar-refractivity contribution in [1.82, 2.24) is 9.78 Å². The van der Waals surface area contributed by atoms with Crippen molar-refractivity contribution in [3.63, 3.8) is 0 Å². The Morgan fingerprint density at radius 1 is 1.24 bits per heavy atom. The summed E-state index contributed by atoms with van der Waals surface area (Å²) in [4.78, 5) is 12.6. The van der Waals surface area contributed by atoms with Crippen molar-refractivity contribution in [1.29, 1.82) is 0 Å². The summed E-state index contributed by atoms with van der Waals surface area (Å²) >= 11 is 0. The number of amides is 2. The monoisotopic (exact) mass is 483 g/mol. The molecule has 5 rings (SSSR count). The van der Waals surface area contributed by atoms with Crippen LogP contribution in [0, 0.1) is 5.41 Å². The summed E-state index contributed by atoms with van der Waals surface area (Å²) < 4.78 is 63.1. The molecule has 0 spiro atoms. The molecule has 1 aromatic heterocycles. The van der Waals surface area contributed by atoms with Gasteiger partial charge in [-0.25, -0.2) is 18.8 Å². The number of anilines is 1. The predicted molar refractivity (Wildman–Crippen MR) is 114 cm³/mol. The van der Waals surface area contributed by atoms with E-state index in [2.05, 4.69) is 20.8 Å². The number of ether oxygens (including phenoxy) is 1. The number of nitrogens with one attached hydrogen (secondary N) is 1. The zero-order chi connectivity index (χ0) is 23.6. The number of nitrogens with two attached hydrogens (primary N) is 1. The number of rotatable bonds is 2. The molecule has 12 heteroatoms. The average Bonchev–Trinajstić information content (AvgIpc) is 3.45. The molecule has 2 heterocycles. The van der Waals surface area contributed by atoms with Gasteiger partial charge in [0.25, 0.3) is 0 Å². The van der Waals surface area contributed by atoms with Crippen molar-refractivity contribution in [2.75, 3.05) is 11.9 Å². The van der Waals surface area contributed by atoms with Crippen molar-refractivity contribution < 1.29 is 26.9 Å². The maximum absolute atomic E-state index is 13.4. The fraction of sp³-hybridized carbons (Fsp3) is 0.524. The van der Waals surface area contributed by atoms with Crippen LogP contribution in [0.2, 0.25) is 0 Å². The van der Waals surface area contributed by atoms with Crippen LogP contribution >= 0.6 is 0 Å². The molecule has 2 amide bonds. The molecule has 3 aliphatic rings. The minimum atomic E-state index is -4.51. The third-order valence-electron chi connectivity index (χ3n) is 6.71. The molecule has 1 aliphatic heterocycles. The lowest BCUT2D eigenvalue weighted by molar-refractivity contribution is -0.238. The number of hydrogen-bond donors (Lipinski definition) is 2. The third kappa shape index (κ3) is 3.68. The van der Waals surface area contributed by atoms with Gasteiger partial charge in [0.05, 0.1) is 12.7 Å². The molecule has 178 valence electrons. The van der Waals surface area contributed by atoms with Gasteiger partial charge < -0.3 is 10.1 Å². The Morgan fingerprint density at radius 3 is 2.48 bits per heavy atom. The van der Waals surface area contributed by atoms with E-state index in [0.29, 0.717) is 0 Å². The minimum Gasteiger partial charge on any atom is -0.476 e. The van der Waals surface area contributed by atoms with Gasteiger partial charge in [0.2, 0.25) is 5.88 Å². The quantitative estimate of drug-likeness (QED) is 0.678. The number of aromatic nitrogens is 2. The molecule has 0 radical (unpaired) electrons. The third-order valence-corrected chi connectivity index (χ3v) is 8.06. The van der Waals surface area contributed by atoms with E-state index >= 15 is 0 Å². The van der Waals surface area contributed by atoms with Crippen LogP contribution in [0.1, 0.15) is 42.0 Å². The van der Waals surface area contributed by atoms with Crippen LogP contribution in [-0.4, -0.2) is 32.8 Å². The van der Waals surface area contributed by atoms with E-state index in [0.717, 1.165) is 73.1 Å². The van der Waals surface area contributed by atoms with E-state index in [9.17, 15) is 22.2 Å². The first-order valence-corrected chi connectivity index (χ1v) is 12.3. The van der Waals surface area contributed by atoms with Gasteiger partial charge in [-0.1, -0.05) is 6.07 Å². The molecular formula is C21H24F3N5O3S. The van der Waals surface area contributed by atoms with Gasteiger partial charge in [0, 0.05) is 5.69 Å². The number of halogens is 3. The fourth-order valence-electron chi connectivity index (χ4n) is 4.86. The van der Waals surface area contributed by atoms with Gasteiger partial charge in [0.15, 0.2) is 9.92 Å². The number of aryl methyl sites for hydroxylation is 2. The van der Waals surface area contributed by atoms with Crippen LogP contribution in [0.5, 0.6) is 5.88 Å². The standard InChI is InChI=1S/C21H24F3N5O3S/c1-20(21(22,23)24)10-29-18(32-11-20)16(9-26-29)33(25,31)28-19(30)27-17-14-6-2-4-12(14)8-13-5-3-7-15(13)17/h8-9H,2-7,10-11H2,1H3,(H3,25,27,28,30,31)/t20-,33+/m0/s1. The van der Waals surface area contributed by atoms with Crippen molar-refractivity contribution in [3.8, 4) is 5.88 Å². The van der Waals surface area contributed by atoms with Crippen LogP contribution in [0.15, 0.2) is 21.5 Å². The highest BCUT2D eigenvalue weighted by molar-refractivity contribution is 7.91. The Labute approximate surface area is 189 Å². The van der Waals surface area contributed by atoms with E-state index < -0.39 is 40.7 Å². The summed E-state index contributed by atoms with van der Waals surface area (Å²) in [6, 6.07) is 1.35. The summed E-state index contributed by atoms with van der Waals surface area (Å²) in [6.45, 7) is -0.180. The summed E-state index contributed by atoms with van der Waals surface area (Å²) in [5.41, 5.74) is 3.18. The Bertz CT molecular complexity index is 1250. The topological polar surface area (TPSA) is 112 Å². The van der Waals surface area contributed by atoms with Crippen molar-refractivity contribution in [3.05, 3.63) is 34.5 Å². The number of carbonyl (C=O) groups excluding carboxylic acids is 1. The summed E-state index contributed by atoms with van der Waals surface area (Å²) in [7, 11) is -3.81. The largest absolute Gasteiger partial charge is 0.476 e. The highest BCUT2D eigenvalue weighted by Gasteiger charge is 2.54. The van der Waals surface area contributed by atoms with Gasteiger partial charge in [-0.2, -0.15) is 18.3 Å². The first kappa shape index (κ1) is 22.2. The highest BCUT2D eigenvalue weighted by atomic mass is 32.2. The summed E-state index contributed by atoms with van der Waals surface area (Å²) in [5.74, 6) is -0.165. The van der Waals surface area contributed by atoms with E-state index in [1.807, 2.05) is 0 Å². The van der Waals surface area contributed by atoms with Crippen molar-refractivity contribution in [2.45, 2.75) is 63.1 Å². The predicted octanol–water partition coefficient (Wildman–Crippen LogP) is 3.75. The van der Waals surface area contributed by atoms with Gasteiger partial charge in [0.1, 0.15) is 16.9 Å². The van der Waals surface area contributed by atoms with Gasteiger partial charge in [-0.3, -0.25) is 0 Å². The molecule has 33 heavy (non-hydrogen) atoms. The number of hydrogen-bond acceptors (Lipinski definition) is 4. The van der Waals surface area contributed by atoms with Crippen LogP contribution in [0.3, 0.4) is 0 Å². The first-order chi connectivity index (χ1) is 15.5. The second-order valence-electron chi connectivity index (χ2n) is 9.14. The molecule has 0 unspecified atom stereocenters. The molecule has 8 nitrogen and oxygen atoms in total. The zero-order valence-corrected chi connectivity index (χ0v) is 18.8.